The number of benzene rings is 1. The molecule has 3 aromatic rings. The molecule has 0 bridgehead atoms. The molecule has 1 amide bonds. The molecule has 0 saturated heterocycles. The molecule has 27 heavy (non-hydrogen) atoms. The summed E-state index contributed by atoms with van der Waals surface area (Å²) in [7, 11) is 0. The second-order valence-electron chi connectivity index (χ2n) is 6.10. The Balaban J connectivity index is 1.83. The maximum Gasteiger partial charge on any atom is 0.258 e. The van der Waals surface area contributed by atoms with Crippen LogP contribution in [0.25, 0.3) is 17.0 Å². The molecule has 0 spiro atoms. The number of rotatable bonds is 5. The first-order valence-electron chi connectivity index (χ1n) is 8.47. The number of nitrogens with zero attached hydrogens (tertiary/aromatic N) is 3. The first kappa shape index (κ1) is 18.8. The smallest absolute Gasteiger partial charge is 0.258 e. The largest absolute Gasteiger partial charge is 0.361 e. The molecule has 0 radical (unpaired) electrons. The molecule has 2 aromatic heterocycles. The molecule has 0 aliphatic heterocycles. The third kappa shape index (κ3) is 4.09. The fourth-order valence-electron chi connectivity index (χ4n) is 2.75. The maximum atomic E-state index is 12.5. The Hall–Kier alpha value is -2.93. The minimum Gasteiger partial charge on any atom is -0.361 e. The van der Waals surface area contributed by atoms with Crippen LogP contribution in [0.4, 0.5) is 0 Å². The van der Waals surface area contributed by atoms with Gasteiger partial charge in [0.15, 0.2) is 0 Å². The van der Waals surface area contributed by atoms with Crippen LogP contribution in [0.5, 0.6) is 0 Å². The van der Waals surface area contributed by atoms with Gasteiger partial charge in [0.05, 0.1) is 23.1 Å². The lowest BCUT2D eigenvalue weighted by Crippen LogP contribution is -2.30. The van der Waals surface area contributed by atoms with Crippen molar-refractivity contribution < 1.29 is 9.32 Å². The van der Waals surface area contributed by atoms with Crippen molar-refractivity contribution in [3.8, 4) is 0 Å². The molecule has 0 aliphatic carbocycles. The van der Waals surface area contributed by atoms with Crippen LogP contribution in [-0.4, -0.2) is 32.5 Å². The van der Waals surface area contributed by atoms with Crippen LogP contribution >= 0.6 is 11.6 Å². The van der Waals surface area contributed by atoms with E-state index < -0.39 is 0 Å². The van der Waals surface area contributed by atoms with Gasteiger partial charge in [-0.25, -0.2) is 4.98 Å². The normalized spacial score (nSPS) is 11.4. The Morgan fingerprint density at radius 2 is 2.15 bits per heavy atom. The number of hydrogen-bond donors (Lipinski definition) is 1. The monoisotopic (exact) mass is 386 g/mol. The molecule has 1 N–H and O–H groups in total. The highest BCUT2D eigenvalue weighted by atomic mass is 35.5. The van der Waals surface area contributed by atoms with E-state index in [1.54, 1.807) is 36.1 Å². The van der Waals surface area contributed by atoms with Crippen LogP contribution in [-0.2, 0) is 11.3 Å². The van der Waals surface area contributed by atoms with Gasteiger partial charge in [0, 0.05) is 23.2 Å². The molecular formula is C19H19ClN4O3. The number of carbonyl (C=O) groups excluding carboxylic acids is 1. The molecule has 8 heteroatoms. The number of H-pyrrole nitrogens is 1. The number of nitrogens with one attached hydrogen (secondary N) is 1. The summed E-state index contributed by atoms with van der Waals surface area (Å²) >= 11 is 5.98. The number of aromatic amines is 1. The number of likely N-dealkylation sites (N-methyl/N-ethyl adjacent to an activating group) is 1. The number of amides is 1. The topological polar surface area (TPSA) is 92.1 Å². The molecule has 0 fully saturated rings. The summed E-state index contributed by atoms with van der Waals surface area (Å²) in [6.07, 6.45) is 3.15. The third-order valence-corrected chi connectivity index (χ3v) is 4.47. The average molecular weight is 387 g/mol. The Kier molecular flexibility index (Phi) is 5.41. The number of fused-ring (bicyclic) bond motifs is 1. The number of aryl methyl sites for hydroxylation is 2. The van der Waals surface area contributed by atoms with E-state index in [2.05, 4.69) is 15.1 Å². The Labute approximate surface area is 160 Å². The van der Waals surface area contributed by atoms with Gasteiger partial charge in [-0.15, -0.1) is 0 Å². The lowest BCUT2D eigenvalue weighted by Gasteiger charge is -2.18. The highest BCUT2D eigenvalue weighted by molar-refractivity contribution is 6.31. The Bertz CT molecular complexity index is 1060. The molecule has 7 nitrogen and oxygen atoms in total. The van der Waals surface area contributed by atoms with Gasteiger partial charge in [-0.3, -0.25) is 9.59 Å². The van der Waals surface area contributed by atoms with Crippen molar-refractivity contribution in [1.82, 2.24) is 20.0 Å². The van der Waals surface area contributed by atoms with Gasteiger partial charge in [-0.2, -0.15) is 0 Å². The number of aromatic nitrogens is 3. The van der Waals surface area contributed by atoms with E-state index in [0.717, 1.165) is 11.3 Å². The second-order valence-corrected chi connectivity index (χ2v) is 6.53. The standard InChI is InChI=1S/C19H19ClN4O3/c1-4-24(18(25)8-7-14-11(2)23-27-12(14)3)10-17-21-16-9-13(20)5-6-15(16)19(26)22-17/h5-9H,4,10H2,1-3H3,(H,21,22,26). The summed E-state index contributed by atoms with van der Waals surface area (Å²) in [5.74, 6) is 0.846. The molecule has 2 heterocycles. The van der Waals surface area contributed by atoms with E-state index in [4.69, 9.17) is 16.1 Å². The van der Waals surface area contributed by atoms with E-state index in [0.29, 0.717) is 34.1 Å². The van der Waals surface area contributed by atoms with Crippen LogP contribution in [0.15, 0.2) is 33.6 Å². The Morgan fingerprint density at radius 1 is 1.37 bits per heavy atom. The highest BCUT2D eigenvalue weighted by Crippen LogP contribution is 2.16. The van der Waals surface area contributed by atoms with Crippen molar-refractivity contribution in [3.63, 3.8) is 0 Å². The predicted molar refractivity (Wildman–Crippen MR) is 103 cm³/mol. The van der Waals surface area contributed by atoms with Crippen LogP contribution in [0.2, 0.25) is 5.02 Å². The van der Waals surface area contributed by atoms with Crippen LogP contribution in [0.1, 0.15) is 29.8 Å². The molecule has 0 atom stereocenters. The van der Waals surface area contributed by atoms with Crippen molar-refractivity contribution >= 4 is 34.5 Å². The number of hydrogen-bond acceptors (Lipinski definition) is 5. The van der Waals surface area contributed by atoms with E-state index >= 15 is 0 Å². The van der Waals surface area contributed by atoms with Crippen molar-refractivity contribution in [1.29, 1.82) is 0 Å². The van der Waals surface area contributed by atoms with Gasteiger partial charge in [-0.1, -0.05) is 16.8 Å². The van der Waals surface area contributed by atoms with Crippen molar-refractivity contribution in [3.05, 3.63) is 62.5 Å². The zero-order valence-electron chi connectivity index (χ0n) is 15.2. The zero-order chi connectivity index (χ0) is 19.6. The van der Waals surface area contributed by atoms with Gasteiger partial charge < -0.3 is 14.4 Å². The number of carbonyl (C=O) groups is 1. The van der Waals surface area contributed by atoms with Crippen LogP contribution < -0.4 is 5.56 Å². The van der Waals surface area contributed by atoms with Gasteiger partial charge in [0.1, 0.15) is 11.6 Å². The molecule has 140 valence electrons. The van der Waals surface area contributed by atoms with Crippen LogP contribution in [0.3, 0.4) is 0 Å². The fraction of sp³-hybridized carbons (Fsp3) is 0.263. The molecule has 3 rings (SSSR count). The SMILES string of the molecule is CCN(Cc1nc2cc(Cl)ccc2c(=O)[nH]1)C(=O)C=Cc1c(C)noc1C. The van der Waals surface area contributed by atoms with E-state index in [1.807, 2.05) is 13.8 Å². The average Bonchev–Trinajstić information content (AvgIpc) is 2.95. The molecule has 0 aliphatic rings. The van der Waals surface area contributed by atoms with E-state index in [9.17, 15) is 9.59 Å². The summed E-state index contributed by atoms with van der Waals surface area (Å²) < 4.78 is 5.09. The van der Waals surface area contributed by atoms with Crippen molar-refractivity contribution in [2.75, 3.05) is 6.54 Å². The zero-order valence-corrected chi connectivity index (χ0v) is 16.0. The summed E-state index contributed by atoms with van der Waals surface area (Å²) in [4.78, 5) is 33.5. The summed E-state index contributed by atoms with van der Waals surface area (Å²) in [6.45, 7) is 6.10. The number of halogens is 1. The summed E-state index contributed by atoms with van der Waals surface area (Å²) in [5.41, 5.74) is 1.74. The van der Waals surface area contributed by atoms with Gasteiger partial charge in [0.2, 0.25) is 5.91 Å². The minimum absolute atomic E-state index is 0.180. The lowest BCUT2D eigenvalue weighted by molar-refractivity contribution is -0.126. The van der Waals surface area contributed by atoms with Crippen molar-refractivity contribution in [2.24, 2.45) is 0 Å². The predicted octanol–water partition coefficient (Wildman–Crippen LogP) is 3.24. The molecule has 1 aromatic carbocycles. The van der Waals surface area contributed by atoms with E-state index in [1.165, 1.54) is 6.08 Å². The van der Waals surface area contributed by atoms with Gasteiger partial charge >= 0.3 is 0 Å². The van der Waals surface area contributed by atoms with Gasteiger partial charge in [0.25, 0.3) is 5.56 Å². The van der Waals surface area contributed by atoms with Gasteiger partial charge in [-0.05, 0) is 45.0 Å². The lowest BCUT2D eigenvalue weighted by atomic mass is 10.2. The quantitative estimate of drug-likeness (QED) is 0.679. The summed E-state index contributed by atoms with van der Waals surface area (Å²) in [6, 6.07) is 4.90. The Morgan fingerprint density at radius 3 is 2.81 bits per heavy atom. The fourth-order valence-corrected chi connectivity index (χ4v) is 2.92. The van der Waals surface area contributed by atoms with E-state index in [-0.39, 0.29) is 18.0 Å². The summed E-state index contributed by atoms with van der Waals surface area (Å²) in [5, 5.41) is 4.81. The van der Waals surface area contributed by atoms with Crippen LogP contribution in [0, 0.1) is 13.8 Å². The first-order valence-corrected chi connectivity index (χ1v) is 8.85. The molecule has 0 unspecified atom stereocenters. The molecule has 0 saturated carbocycles. The molecular weight excluding hydrogens is 368 g/mol. The maximum absolute atomic E-state index is 12.5. The van der Waals surface area contributed by atoms with Crippen molar-refractivity contribution in [2.45, 2.75) is 27.3 Å². The second kappa shape index (κ2) is 7.75. The first-order chi connectivity index (χ1) is 12.9. The highest BCUT2D eigenvalue weighted by Gasteiger charge is 2.13. The minimum atomic E-state index is -0.263. The third-order valence-electron chi connectivity index (χ3n) is 4.23.